The first-order chi connectivity index (χ1) is 11.2. The van der Waals surface area contributed by atoms with Crippen molar-refractivity contribution in [1.29, 1.82) is 0 Å². The number of benzene rings is 1. The Hall–Kier alpha value is -1.59. The molecule has 1 atom stereocenters. The number of methoxy groups -OCH3 is 1. The SMILES string of the molecule is COCC(N)C(=O)N(Cc1ccc2c(c1)CCO2)C1CCCC1. The molecule has 1 saturated carbocycles. The van der Waals surface area contributed by atoms with Crippen molar-refractivity contribution in [3.63, 3.8) is 0 Å². The van der Waals surface area contributed by atoms with E-state index in [-0.39, 0.29) is 12.5 Å². The van der Waals surface area contributed by atoms with E-state index in [1.165, 1.54) is 18.4 Å². The number of fused-ring (bicyclic) bond motifs is 1. The third kappa shape index (κ3) is 3.67. The molecule has 5 heteroatoms. The van der Waals surface area contributed by atoms with Crippen molar-refractivity contribution < 1.29 is 14.3 Å². The number of hydrogen-bond donors (Lipinski definition) is 1. The van der Waals surface area contributed by atoms with Crippen LogP contribution in [-0.2, 0) is 22.5 Å². The second-order valence-electron chi connectivity index (χ2n) is 6.51. The van der Waals surface area contributed by atoms with Crippen LogP contribution >= 0.6 is 0 Å². The molecular weight excluding hydrogens is 292 g/mol. The molecule has 1 unspecified atom stereocenters. The number of nitrogens with zero attached hydrogens (tertiary/aromatic N) is 1. The second kappa shape index (κ2) is 7.32. The summed E-state index contributed by atoms with van der Waals surface area (Å²) in [7, 11) is 1.58. The molecular formula is C18H26N2O3. The monoisotopic (exact) mass is 318 g/mol. The summed E-state index contributed by atoms with van der Waals surface area (Å²) >= 11 is 0. The zero-order chi connectivity index (χ0) is 16.2. The van der Waals surface area contributed by atoms with E-state index in [2.05, 4.69) is 12.1 Å². The van der Waals surface area contributed by atoms with Crippen molar-refractivity contribution in [2.45, 2.75) is 50.7 Å². The number of amides is 1. The largest absolute Gasteiger partial charge is 0.493 e. The Morgan fingerprint density at radius 1 is 1.43 bits per heavy atom. The molecule has 1 heterocycles. The molecule has 1 amide bonds. The molecule has 1 aliphatic carbocycles. The smallest absolute Gasteiger partial charge is 0.242 e. The van der Waals surface area contributed by atoms with Crippen LogP contribution in [0.3, 0.4) is 0 Å². The van der Waals surface area contributed by atoms with Gasteiger partial charge in [0.05, 0.1) is 13.2 Å². The van der Waals surface area contributed by atoms with Crippen molar-refractivity contribution in [3.05, 3.63) is 29.3 Å². The summed E-state index contributed by atoms with van der Waals surface area (Å²) < 4.78 is 10.6. The van der Waals surface area contributed by atoms with Crippen LogP contribution in [0, 0.1) is 0 Å². The molecule has 5 nitrogen and oxygen atoms in total. The topological polar surface area (TPSA) is 64.8 Å². The number of nitrogens with two attached hydrogens (primary N) is 1. The molecule has 23 heavy (non-hydrogen) atoms. The quantitative estimate of drug-likeness (QED) is 0.869. The molecule has 2 N–H and O–H groups in total. The number of hydrogen-bond acceptors (Lipinski definition) is 4. The van der Waals surface area contributed by atoms with Crippen LogP contribution in [0.15, 0.2) is 18.2 Å². The van der Waals surface area contributed by atoms with Gasteiger partial charge in [-0.25, -0.2) is 0 Å². The lowest BCUT2D eigenvalue weighted by molar-refractivity contribution is -0.136. The normalized spacial score (nSPS) is 18.5. The first kappa shape index (κ1) is 16.3. The fourth-order valence-corrected chi connectivity index (χ4v) is 3.60. The lowest BCUT2D eigenvalue weighted by Crippen LogP contribution is -2.49. The van der Waals surface area contributed by atoms with Crippen molar-refractivity contribution in [2.24, 2.45) is 5.73 Å². The average molecular weight is 318 g/mol. The summed E-state index contributed by atoms with van der Waals surface area (Å²) in [6.45, 7) is 1.64. The maximum atomic E-state index is 12.8. The zero-order valence-electron chi connectivity index (χ0n) is 13.8. The summed E-state index contributed by atoms with van der Waals surface area (Å²) in [5.74, 6) is 0.971. The fourth-order valence-electron chi connectivity index (χ4n) is 3.60. The summed E-state index contributed by atoms with van der Waals surface area (Å²) in [4.78, 5) is 14.7. The standard InChI is InChI=1S/C18H26N2O3/c1-22-12-16(19)18(21)20(15-4-2-3-5-15)11-13-6-7-17-14(10-13)8-9-23-17/h6-7,10,15-16H,2-5,8-9,11-12,19H2,1H3. The summed E-state index contributed by atoms with van der Waals surface area (Å²) in [5.41, 5.74) is 8.39. The van der Waals surface area contributed by atoms with Gasteiger partial charge in [-0.2, -0.15) is 0 Å². The number of carbonyl (C=O) groups is 1. The Morgan fingerprint density at radius 3 is 2.96 bits per heavy atom. The minimum Gasteiger partial charge on any atom is -0.493 e. The van der Waals surface area contributed by atoms with Gasteiger partial charge >= 0.3 is 0 Å². The second-order valence-corrected chi connectivity index (χ2v) is 6.51. The number of rotatable bonds is 6. The first-order valence-electron chi connectivity index (χ1n) is 8.48. The van der Waals surface area contributed by atoms with Gasteiger partial charge in [-0.15, -0.1) is 0 Å². The summed E-state index contributed by atoms with van der Waals surface area (Å²) in [5, 5.41) is 0. The van der Waals surface area contributed by atoms with Crippen molar-refractivity contribution in [3.8, 4) is 5.75 Å². The van der Waals surface area contributed by atoms with E-state index >= 15 is 0 Å². The van der Waals surface area contributed by atoms with E-state index in [1.807, 2.05) is 11.0 Å². The van der Waals surface area contributed by atoms with E-state index in [0.29, 0.717) is 12.6 Å². The molecule has 0 saturated heterocycles. The van der Waals surface area contributed by atoms with Gasteiger partial charge in [-0.1, -0.05) is 25.0 Å². The molecule has 1 aliphatic heterocycles. The number of carbonyl (C=O) groups excluding carboxylic acids is 1. The summed E-state index contributed by atoms with van der Waals surface area (Å²) in [6.07, 6.45) is 5.46. The van der Waals surface area contributed by atoms with Crippen LogP contribution in [0.4, 0.5) is 0 Å². The van der Waals surface area contributed by atoms with Crippen LogP contribution in [-0.4, -0.2) is 43.2 Å². The van der Waals surface area contributed by atoms with E-state index in [1.54, 1.807) is 7.11 Å². The molecule has 2 aliphatic rings. The van der Waals surface area contributed by atoms with E-state index < -0.39 is 6.04 Å². The Balaban J connectivity index is 1.76. The van der Waals surface area contributed by atoms with Gasteiger partial charge in [0.25, 0.3) is 0 Å². The maximum absolute atomic E-state index is 12.8. The molecule has 0 radical (unpaired) electrons. The Bertz CT molecular complexity index is 555. The molecule has 126 valence electrons. The highest BCUT2D eigenvalue weighted by atomic mass is 16.5. The zero-order valence-corrected chi connectivity index (χ0v) is 13.8. The van der Waals surface area contributed by atoms with E-state index in [9.17, 15) is 4.79 Å². The molecule has 3 rings (SSSR count). The third-order valence-electron chi connectivity index (χ3n) is 4.82. The van der Waals surface area contributed by atoms with Gasteiger partial charge < -0.3 is 20.1 Å². The maximum Gasteiger partial charge on any atom is 0.242 e. The highest BCUT2D eigenvalue weighted by molar-refractivity contribution is 5.82. The van der Waals surface area contributed by atoms with Gasteiger partial charge in [0.15, 0.2) is 0 Å². The fraction of sp³-hybridized carbons (Fsp3) is 0.611. The predicted octanol–water partition coefficient (Wildman–Crippen LogP) is 1.87. The van der Waals surface area contributed by atoms with Crippen LogP contribution in [0.25, 0.3) is 0 Å². The average Bonchev–Trinajstić information content (AvgIpc) is 3.23. The molecule has 0 spiro atoms. The van der Waals surface area contributed by atoms with E-state index in [0.717, 1.165) is 37.2 Å². The summed E-state index contributed by atoms with van der Waals surface area (Å²) in [6, 6.07) is 5.96. The minimum absolute atomic E-state index is 0.00417. The highest BCUT2D eigenvalue weighted by Gasteiger charge is 2.30. The Labute approximate surface area is 137 Å². The van der Waals surface area contributed by atoms with Crippen molar-refractivity contribution >= 4 is 5.91 Å². The van der Waals surface area contributed by atoms with Gasteiger partial charge in [0.2, 0.25) is 5.91 Å². The van der Waals surface area contributed by atoms with Gasteiger partial charge in [0.1, 0.15) is 11.8 Å². The van der Waals surface area contributed by atoms with Gasteiger partial charge in [0, 0.05) is 26.1 Å². The highest BCUT2D eigenvalue weighted by Crippen LogP contribution is 2.29. The molecule has 0 aromatic heterocycles. The third-order valence-corrected chi connectivity index (χ3v) is 4.82. The lowest BCUT2D eigenvalue weighted by atomic mass is 10.1. The van der Waals surface area contributed by atoms with Gasteiger partial charge in [-0.05, 0) is 30.0 Å². The molecule has 1 aromatic carbocycles. The molecule has 1 fully saturated rings. The molecule has 0 bridgehead atoms. The van der Waals surface area contributed by atoms with Crippen LogP contribution in [0.5, 0.6) is 5.75 Å². The van der Waals surface area contributed by atoms with Crippen LogP contribution in [0.1, 0.15) is 36.8 Å². The first-order valence-corrected chi connectivity index (χ1v) is 8.48. The molecule has 1 aromatic rings. The van der Waals surface area contributed by atoms with Crippen LogP contribution < -0.4 is 10.5 Å². The van der Waals surface area contributed by atoms with Crippen molar-refractivity contribution in [2.75, 3.05) is 20.3 Å². The Morgan fingerprint density at radius 2 is 2.22 bits per heavy atom. The van der Waals surface area contributed by atoms with Gasteiger partial charge in [-0.3, -0.25) is 4.79 Å². The lowest BCUT2D eigenvalue weighted by Gasteiger charge is -2.31. The van der Waals surface area contributed by atoms with Crippen molar-refractivity contribution in [1.82, 2.24) is 4.90 Å². The minimum atomic E-state index is -0.585. The predicted molar refractivity (Wildman–Crippen MR) is 88.3 cm³/mol. The van der Waals surface area contributed by atoms with Crippen LogP contribution in [0.2, 0.25) is 0 Å². The number of ether oxygens (including phenoxy) is 2. The Kier molecular flexibility index (Phi) is 5.18. The van der Waals surface area contributed by atoms with E-state index in [4.69, 9.17) is 15.2 Å².